The number of furan rings is 1. The van der Waals surface area contributed by atoms with E-state index in [4.69, 9.17) is 4.42 Å². The van der Waals surface area contributed by atoms with Crippen molar-refractivity contribution in [1.82, 2.24) is 10.2 Å². The lowest BCUT2D eigenvalue weighted by atomic mass is 10.1. The van der Waals surface area contributed by atoms with Crippen molar-refractivity contribution in [3.8, 4) is 0 Å². The maximum atomic E-state index is 12.5. The molecule has 122 valence electrons. The third kappa shape index (κ3) is 3.81. The van der Waals surface area contributed by atoms with Crippen LogP contribution in [0, 0.1) is 5.92 Å². The van der Waals surface area contributed by atoms with Crippen molar-refractivity contribution in [3.63, 3.8) is 0 Å². The van der Waals surface area contributed by atoms with Gasteiger partial charge in [0.05, 0.1) is 6.04 Å². The number of rotatable bonds is 6. The molecule has 0 aliphatic carbocycles. The van der Waals surface area contributed by atoms with E-state index in [1.165, 1.54) is 0 Å². The van der Waals surface area contributed by atoms with E-state index in [0.29, 0.717) is 13.1 Å². The van der Waals surface area contributed by atoms with Crippen LogP contribution in [0.5, 0.6) is 0 Å². The highest BCUT2D eigenvalue weighted by Gasteiger charge is 2.26. The van der Waals surface area contributed by atoms with Crippen molar-refractivity contribution >= 4 is 29.3 Å². The summed E-state index contributed by atoms with van der Waals surface area (Å²) in [5, 5.41) is 4.13. The van der Waals surface area contributed by atoms with Crippen molar-refractivity contribution < 1.29 is 9.21 Å². The zero-order valence-corrected chi connectivity index (χ0v) is 14.4. The third-order valence-electron chi connectivity index (χ3n) is 3.88. The van der Waals surface area contributed by atoms with Gasteiger partial charge in [-0.2, -0.15) is 0 Å². The minimum Gasteiger partial charge on any atom is -0.459 e. The summed E-state index contributed by atoms with van der Waals surface area (Å²) in [5.74, 6) is 0.949. The first kappa shape index (κ1) is 18.5. The smallest absolute Gasteiger partial charge is 0.227 e. The molecule has 0 spiro atoms. The first-order valence-corrected chi connectivity index (χ1v) is 7.52. The largest absolute Gasteiger partial charge is 0.459 e. The Morgan fingerprint density at radius 3 is 2.59 bits per heavy atom. The van der Waals surface area contributed by atoms with Crippen molar-refractivity contribution in [1.29, 1.82) is 0 Å². The van der Waals surface area contributed by atoms with Gasteiger partial charge in [0.2, 0.25) is 5.91 Å². The number of hydrogen-bond acceptors (Lipinski definition) is 3. The van der Waals surface area contributed by atoms with E-state index in [9.17, 15) is 4.79 Å². The van der Waals surface area contributed by atoms with Gasteiger partial charge in [-0.05, 0) is 33.0 Å². The molecule has 0 saturated carbocycles. The number of fused-ring (bicyclic) bond motifs is 1. The Kier molecular flexibility index (Phi) is 6.91. The predicted molar refractivity (Wildman–Crippen MR) is 92.4 cm³/mol. The molecule has 4 nitrogen and oxygen atoms in total. The standard InChI is InChI=1S/C17H24N2O2.ClH/c1-5-19(17(20)12(2)11-18-4)13(3)16-10-14-8-6-7-9-15(14)21-16;/h6-10,12-13,18H,5,11H2,1-4H3;1H. The summed E-state index contributed by atoms with van der Waals surface area (Å²) in [4.78, 5) is 14.4. The van der Waals surface area contributed by atoms with E-state index in [1.54, 1.807) is 0 Å². The Balaban J connectivity index is 0.00000242. The van der Waals surface area contributed by atoms with E-state index in [0.717, 1.165) is 16.7 Å². The van der Waals surface area contributed by atoms with Gasteiger partial charge in [-0.15, -0.1) is 12.4 Å². The Labute approximate surface area is 138 Å². The number of carbonyl (C=O) groups is 1. The van der Waals surface area contributed by atoms with Crippen LogP contribution in [0.4, 0.5) is 0 Å². The summed E-state index contributed by atoms with van der Waals surface area (Å²) in [6, 6.07) is 9.89. The Morgan fingerprint density at radius 2 is 2.00 bits per heavy atom. The molecule has 0 radical (unpaired) electrons. The zero-order valence-electron chi connectivity index (χ0n) is 13.6. The summed E-state index contributed by atoms with van der Waals surface area (Å²) < 4.78 is 5.89. The number of carbonyl (C=O) groups excluding carboxylic acids is 1. The van der Waals surface area contributed by atoms with Crippen molar-refractivity contribution in [2.45, 2.75) is 26.8 Å². The molecule has 1 amide bonds. The van der Waals surface area contributed by atoms with Gasteiger partial charge in [-0.25, -0.2) is 0 Å². The van der Waals surface area contributed by atoms with Gasteiger partial charge in [0.25, 0.3) is 0 Å². The fraction of sp³-hybridized carbons (Fsp3) is 0.471. The fourth-order valence-electron chi connectivity index (χ4n) is 2.66. The molecule has 2 rings (SSSR count). The number of amides is 1. The molecule has 22 heavy (non-hydrogen) atoms. The number of halogens is 1. The van der Waals surface area contributed by atoms with Gasteiger partial charge in [-0.1, -0.05) is 25.1 Å². The molecule has 1 aromatic heterocycles. The van der Waals surface area contributed by atoms with Crippen LogP contribution < -0.4 is 5.32 Å². The van der Waals surface area contributed by atoms with Gasteiger partial charge in [0.15, 0.2) is 0 Å². The maximum absolute atomic E-state index is 12.5. The zero-order chi connectivity index (χ0) is 15.4. The lowest BCUT2D eigenvalue weighted by Crippen LogP contribution is -2.39. The monoisotopic (exact) mass is 324 g/mol. The minimum atomic E-state index is -0.0609. The molecule has 2 unspecified atom stereocenters. The SMILES string of the molecule is CCN(C(=O)C(C)CNC)C(C)c1cc2ccccc2o1.Cl. The van der Waals surface area contributed by atoms with Crippen LogP contribution in [0.2, 0.25) is 0 Å². The van der Waals surface area contributed by atoms with Gasteiger partial charge in [0.1, 0.15) is 11.3 Å². The molecule has 1 heterocycles. The highest BCUT2D eigenvalue weighted by molar-refractivity contribution is 5.85. The molecule has 0 bridgehead atoms. The summed E-state index contributed by atoms with van der Waals surface area (Å²) in [6.07, 6.45) is 0. The summed E-state index contributed by atoms with van der Waals surface area (Å²) in [7, 11) is 1.86. The molecule has 0 saturated heterocycles. The maximum Gasteiger partial charge on any atom is 0.227 e. The van der Waals surface area contributed by atoms with Crippen LogP contribution >= 0.6 is 12.4 Å². The van der Waals surface area contributed by atoms with Crippen LogP contribution in [-0.2, 0) is 4.79 Å². The van der Waals surface area contributed by atoms with Crippen LogP contribution in [0.1, 0.15) is 32.6 Å². The highest BCUT2D eigenvalue weighted by atomic mass is 35.5. The average Bonchev–Trinajstić information content (AvgIpc) is 2.91. The van der Waals surface area contributed by atoms with Crippen molar-refractivity contribution in [2.24, 2.45) is 5.92 Å². The number of benzene rings is 1. The van der Waals surface area contributed by atoms with Gasteiger partial charge in [0, 0.05) is 24.4 Å². The lowest BCUT2D eigenvalue weighted by Gasteiger charge is -2.29. The fourth-order valence-corrected chi connectivity index (χ4v) is 2.66. The Bertz CT molecular complexity index is 578. The minimum absolute atomic E-state index is 0. The normalized spacial score (nSPS) is 13.5. The van der Waals surface area contributed by atoms with Gasteiger partial charge in [-0.3, -0.25) is 4.79 Å². The van der Waals surface area contributed by atoms with Gasteiger partial charge < -0.3 is 14.6 Å². The predicted octanol–water partition coefficient (Wildman–Crippen LogP) is 3.62. The van der Waals surface area contributed by atoms with Crippen molar-refractivity contribution in [3.05, 3.63) is 36.1 Å². The number of hydrogen-bond donors (Lipinski definition) is 1. The Morgan fingerprint density at radius 1 is 1.32 bits per heavy atom. The van der Waals surface area contributed by atoms with Crippen LogP contribution in [0.3, 0.4) is 0 Å². The quantitative estimate of drug-likeness (QED) is 0.882. The van der Waals surface area contributed by atoms with Crippen LogP contribution in [0.25, 0.3) is 11.0 Å². The lowest BCUT2D eigenvalue weighted by molar-refractivity contribution is -0.137. The van der Waals surface area contributed by atoms with Crippen molar-refractivity contribution in [2.75, 3.05) is 20.1 Å². The molecule has 1 aromatic carbocycles. The average molecular weight is 325 g/mol. The summed E-state index contributed by atoms with van der Waals surface area (Å²) >= 11 is 0. The van der Waals surface area contributed by atoms with E-state index in [2.05, 4.69) is 5.32 Å². The number of nitrogens with zero attached hydrogens (tertiary/aromatic N) is 1. The van der Waals surface area contributed by atoms with Crippen LogP contribution in [0.15, 0.2) is 34.7 Å². The van der Waals surface area contributed by atoms with Gasteiger partial charge >= 0.3 is 0 Å². The molecular formula is C17H25ClN2O2. The third-order valence-corrected chi connectivity index (χ3v) is 3.88. The molecule has 2 aromatic rings. The van der Waals surface area contributed by atoms with E-state index >= 15 is 0 Å². The molecule has 0 aliphatic rings. The number of nitrogens with one attached hydrogen (secondary N) is 1. The first-order valence-electron chi connectivity index (χ1n) is 7.52. The summed E-state index contributed by atoms with van der Waals surface area (Å²) in [5.41, 5.74) is 0.867. The molecular weight excluding hydrogens is 300 g/mol. The van der Waals surface area contributed by atoms with Crippen LogP contribution in [-0.4, -0.2) is 30.9 Å². The molecule has 1 N–H and O–H groups in total. The second-order valence-electron chi connectivity index (χ2n) is 5.45. The van der Waals surface area contributed by atoms with E-state index in [1.807, 2.05) is 63.1 Å². The molecule has 2 atom stereocenters. The molecule has 0 fully saturated rings. The number of para-hydroxylation sites is 1. The van der Waals surface area contributed by atoms with E-state index in [-0.39, 0.29) is 30.3 Å². The van der Waals surface area contributed by atoms with E-state index < -0.39 is 0 Å². The topological polar surface area (TPSA) is 45.5 Å². The first-order chi connectivity index (χ1) is 10.1. The Hall–Kier alpha value is -1.52. The summed E-state index contributed by atoms with van der Waals surface area (Å²) in [6.45, 7) is 7.33. The molecule has 0 aliphatic heterocycles. The second-order valence-corrected chi connectivity index (χ2v) is 5.45. The highest BCUT2D eigenvalue weighted by Crippen LogP contribution is 2.28. The second kappa shape index (κ2) is 8.20. The molecule has 5 heteroatoms.